The summed E-state index contributed by atoms with van der Waals surface area (Å²) in [6.45, 7) is 1.90. The summed E-state index contributed by atoms with van der Waals surface area (Å²) in [6.07, 6.45) is 0. The van der Waals surface area contributed by atoms with Crippen molar-refractivity contribution < 1.29 is 4.79 Å². The fourth-order valence-corrected chi connectivity index (χ4v) is 4.35. The zero-order chi connectivity index (χ0) is 14.8. The Balaban J connectivity index is 1.61. The molecule has 2 heterocycles. The lowest BCUT2D eigenvalue weighted by Gasteiger charge is -1.99. The van der Waals surface area contributed by atoms with Crippen LogP contribution in [0, 0.1) is 6.92 Å². The van der Waals surface area contributed by atoms with Crippen molar-refractivity contribution in [3.63, 3.8) is 0 Å². The van der Waals surface area contributed by atoms with Crippen molar-refractivity contribution in [2.75, 3.05) is 11.1 Å². The molecule has 3 aromatic rings. The number of aromatic nitrogens is 2. The highest BCUT2D eigenvalue weighted by molar-refractivity contribution is 8.01. The number of carbonyl (C=O) groups is 1. The molecule has 21 heavy (non-hydrogen) atoms. The van der Waals surface area contributed by atoms with Gasteiger partial charge in [0, 0.05) is 10.4 Å². The Bertz CT molecular complexity index is 799. The Labute approximate surface area is 138 Å². The number of hydrogen-bond acceptors (Lipinski definition) is 6. The van der Waals surface area contributed by atoms with E-state index in [0.29, 0.717) is 15.9 Å². The van der Waals surface area contributed by atoms with E-state index >= 15 is 0 Å². The minimum absolute atomic E-state index is 0.0772. The summed E-state index contributed by atoms with van der Waals surface area (Å²) in [5, 5.41) is 5.98. The number of nitrogens with zero attached hydrogens (tertiary/aromatic N) is 2. The van der Waals surface area contributed by atoms with Gasteiger partial charge in [0.05, 0.1) is 21.7 Å². The maximum Gasteiger partial charge on any atom is 0.236 e. The number of hydrogen-bond donors (Lipinski definition) is 1. The number of amides is 1. The average Bonchev–Trinajstić information content (AvgIpc) is 3.02. The predicted octanol–water partition coefficient (Wildman–Crippen LogP) is 4.45. The van der Waals surface area contributed by atoms with E-state index in [9.17, 15) is 4.79 Å². The topological polar surface area (TPSA) is 54.9 Å². The predicted molar refractivity (Wildman–Crippen MR) is 90.8 cm³/mol. The maximum absolute atomic E-state index is 11.9. The number of thioether (sulfide) groups is 1. The Morgan fingerprint density at radius 1 is 1.43 bits per heavy atom. The van der Waals surface area contributed by atoms with E-state index in [1.807, 2.05) is 30.5 Å². The fourth-order valence-electron chi connectivity index (χ4n) is 1.64. The maximum atomic E-state index is 11.9. The van der Waals surface area contributed by atoms with Crippen molar-refractivity contribution in [3.8, 4) is 0 Å². The molecule has 1 amide bonds. The van der Waals surface area contributed by atoms with E-state index in [0.717, 1.165) is 20.3 Å². The second-order valence-electron chi connectivity index (χ2n) is 4.22. The van der Waals surface area contributed by atoms with Crippen LogP contribution < -0.4 is 5.32 Å². The molecule has 1 aromatic carbocycles. The van der Waals surface area contributed by atoms with E-state index in [4.69, 9.17) is 11.6 Å². The molecule has 0 saturated heterocycles. The lowest BCUT2D eigenvalue weighted by atomic mass is 10.3. The number of rotatable bonds is 4. The van der Waals surface area contributed by atoms with Gasteiger partial charge in [0.15, 0.2) is 9.47 Å². The molecule has 1 N–H and O–H groups in total. The molecule has 0 fully saturated rings. The summed E-state index contributed by atoms with van der Waals surface area (Å²) in [6, 6.07) is 5.61. The number of carbonyl (C=O) groups excluding carboxylic acids is 1. The van der Waals surface area contributed by atoms with Gasteiger partial charge < -0.3 is 5.32 Å². The summed E-state index contributed by atoms with van der Waals surface area (Å²) in [5.74, 6) is 0.235. The molecule has 8 heteroatoms. The second kappa shape index (κ2) is 6.31. The smallest absolute Gasteiger partial charge is 0.236 e. The van der Waals surface area contributed by atoms with E-state index in [-0.39, 0.29) is 5.91 Å². The molecule has 2 aromatic heterocycles. The van der Waals surface area contributed by atoms with Crippen LogP contribution in [0.3, 0.4) is 0 Å². The molecule has 108 valence electrons. The first-order valence-corrected chi connectivity index (χ1v) is 9.07. The first-order chi connectivity index (χ1) is 10.1. The van der Waals surface area contributed by atoms with Crippen LogP contribution in [0.25, 0.3) is 10.2 Å². The van der Waals surface area contributed by atoms with Crippen LogP contribution in [0.5, 0.6) is 0 Å². The summed E-state index contributed by atoms with van der Waals surface area (Å²) < 4.78 is 1.93. The molecular formula is C13H10ClN3OS3. The third-order valence-corrected chi connectivity index (χ3v) is 5.81. The summed E-state index contributed by atoms with van der Waals surface area (Å²) >= 11 is 10.3. The summed E-state index contributed by atoms with van der Waals surface area (Å²) in [5.41, 5.74) is 1.77. The van der Waals surface area contributed by atoms with Gasteiger partial charge in [-0.3, -0.25) is 4.79 Å². The number of nitrogens with one attached hydrogen (secondary N) is 1. The lowest BCUT2D eigenvalue weighted by Crippen LogP contribution is -2.13. The molecular weight excluding hydrogens is 346 g/mol. The van der Waals surface area contributed by atoms with E-state index < -0.39 is 0 Å². The molecule has 0 radical (unpaired) electrons. The van der Waals surface area contributed by atoms with Crippen LogP contribution in [-0.2, 0) is 4.79 Å². The molecule has 0 aliphatic carbocycles. The number of thiazole rings is 2. The highest BCUT2D eigenvalue weighted by atomic mass is 35.5. The number of aryl methyl sites for hydroxylation is 1. The Hall–Kier alpha value is -1.15. The van der Waals surface area contributed by atoms with E-state index in [1.54, 1.807) is 11.3 Å². The van der Waals surface area contributed by atoms with Crippen molar-refractivity contribution in [2.45, 2.75) is 11.3 Å². The van der Waals surface area contributed by atoms with Gasteiger partial charge in [-0.15, -0.1) is 22.7 Å². The Morgan fingerprint density at radius 2 is 2.29 bits per heavy atom. The number of anilines is 1. The van der Waals surface area contributed by atoms with Crippen LogP contribution >= 0.6 is 46.0 Å². The SMILES string of the molecule is Cc1csc(NC(=O)CSc2nc3cc(Cl)ccc3s2)n1. The number of halogens is 1. The zero-order valence-corrected chi connectivity index (χ0v) is 14.1. The summed E-state index contributed by atoms with van der Waals surface area (Å²) in [7, 11) is 0. The quantitative estimate of drug-likeness (QED) is 0.702. The normalized spacial score (nSPS) is 11.0. The third kappa shape index (κ3) is 3.74. The largest absolute Gasteiger partial charge is 0.301 e. The monoisotopic (exact) mass is 355 g/mol. The fraction of sp³-hybridized carbons (Fsp3) is 0.154. The van der Waals surface area contributed by atoms with Crippen LogP contribution in [0.1, 0.15) is 5.69 Å². The van der Waals surface area contributed by atoms with Gasteiger partial charge in [-0.1, -0.05) is 23.4 Å². The van der Waals surface area contributed by atoms with Crippen molar-refractivity contribution in [2.24, 2.45) is 0 Å². The molecule has 0 aliphatic rings. The first kappa shape index (κ1) is 14.8. The van der Waals surface area contributed by atoms with Gasteiger partial charge in [0.25, 0.3) is 0 Å². The van der Waals surface area contributed by atoms with Gasteiger partial charge in [0.2, 0.25) is 5.91 Å². The Kier molecular flexibility index (Phi) is 4.44. The molecule has 0 atom stereocenters. The molecule has 3 rings (SSSR count). The molecule has 0 spiro atoms. The highest BCUT2D eigenvalue weighted by Crippen LogP contribution is 2.31. The van der Waals surface area contributed by atoms with E-state index in [2.05, 4.69) is 15.3 Å². The standard InChI is InChI=1S/C13H10ClN3OS3/c1-7-5-19-12(15-7)17-11(18)6-20-13-16-9-4-8(14)2-3-10(9)21-13/h2-5H,6H2,1H3,(H,15,17,18). The minimum atomic E-state index is -0.0772. The number of benzene rings is 1. The Morgan fingerprint density at radius 3 is 3.05 bits per heavy atom. The lowest BCUT2D eigenvalue weighted by molar-refractivity contribution is -0.113. The first-order valence-electron chi connectivity index (χ1n) is 6.01. The highest BCUT2D eigenvalue weighted by Gasteiger charge is 2.09. The van der Waals surface area contributed by atoms with Gasteiger partial charge in [-0.05, 0) is 25.1 Å². The molecule has 0 saturated carbocycles. The zero-order valence-electron chi connectivity index (χ0n) is 10.9. The van der Waals surface area contributed by atoms with Gasteiger partial charge in [-0.25, -0.2) is 9.97 Å². The van der Waals surface area contributed by atoms with Gasteiger partial charge in [0.1, 0.15) is 0 Å². The van der Waals surface area contributed by atoms with Crippen molar-refractivity contribution in [3.05, 3.63) is 34.3 Å². The molecule has 0 bridgehead atoms. The molecule has 4 nitrogen and oxygen atoms in total. The van der Waals surface area contributed by atoms with Crippen molar-refractivity contribution in [1.82, 2.24) is 9.97 Å². The van der Waals surface area contributed by atoms with Crippen LogP contribution in [-0.4, -0.2) is 21.6 Å². The van der Waals surface area contributed by atoms with Crippen LogP contribution in [0.15, 0.2) is 27.9 Å². The third-order valence-electron chi connectivity index (χ3n) is 2.52. The van der Waals surface area contributed by atoms with Crippen molar-refractivity contribution >= 4 is 67.3 Å². The molecule has 0 unspecified atom stereocenters. The van der Waals surface area contributed by atoms with Gasteiger partial charge >= 0.3 is 0 Å². The van der Waals surface area contributed by atoms with E-state index in [1.165, 1.54) is 23.1 Å². The summed E-state index contributed by atoms with van der Waals surface area (Å²) in [4.78, 5) is 20.5. The minimum Gasteiger partial charge on any atom is -0.301 e. The number of fused-ring (bicyclic) bond motifs is 1. The van der Waals surface area contributed by atoms with Crippen LogP contribution in [0.2, 0.25) is 5.02 Å². The van der Waals surface area contributed by atoms with Crippen LogP contribution in [0.4, 0.5) is 5.13 Å². The second-order valence-corrected chi connectivity index (χ2v) is 7.77. The van der Waals surface area contributed by atoms with Gasteiger partial charge in [-0.2, -0.15) is 0 Å². The average molecular weight is 356 g/mol. The molecule has 0 aliphatic heterocycles. The van der Waals surface area contributed by atoms with Crippen molar-refractivity contribution in [1.29, 1.82) is 0 Å².